The van der Waals surface area contributed by atoms with Crippen molar-refractivity contribution in [1.29, 1.82) is 0 Å². The minimum atomic E-state index is -0.790. The van der Waals surface area contributed by atoms with Gasteiger partial charge >= 0.3 is 6.09 Å². The van der Waals surface area contributed by atoms with Gasteiger partial charge in [0.05, 0.1) is 25.4 Å². The molecule has 156 valence electrons. The second-order valence-electron chi connectivity index (χ2n) is 7.58. The topological polar surface area (TPSA) is 93.8 Å². The molecule has 29 heavy (non-hydrogen) atoms. The fraction of sp³-hybridized carbons (Fsp3) is 0.435. The molecule has 1 aliphatic heterocycles. The molecule has 2 aromatic carbocycles. The summed E-state index contributed by atoms with van der Waals surface area (Å²) >= 11 is 0. The van der Waals surface area contributed by atoms with E-state index in [4.69, 9.17) is 15.2 Å². The zero-order valence-electron chi connectivity index (χ0n) is 16.6. The molecule has 0 spiro atoms. The lowest BCUT2D eigenvalue weighted by Crippen LogP contribution is -2.48. The Morgan fingerprint density at radius 2 is 1.72 bits per heavy atom. The van der Waals surface area contributed by atoms with Gasteiger partial charge in [-0.15, -0.1) is 0 Å². The van der Waals surface area contributed by atoms with Gasteiger partial charge in [-0.1, -0.05) is 60.7 Å². The average Bonchev–Trinajstić information content (AvgIpc) is 3.22. The van der Waals surface area contributed by atoms with E-state index in [9.17, 15) is 9.90 Å². The zero-order chi connectivity index (χ0) is 20.5. The van der Waals surface area contributed by atoms with Crippen LogP contribution >= 0.6 is 0 Å². The Balaban J connectivity index is 1.59. The molecule has 1 heterocycles. The maximum absolute atomic E-state index is 12.3. The summed E-state index contributed by atoms with van der Waals surface area (Å²) in [6.07, 6.45) is 0.680. The van der Waals surface area contributed by atoms with E-state index in [0.717, 1.165) is 11.1 Å². The Hall–Kier alpha value is -2.41. The van der Waals surface area contributed by atoms with Crippen LogP contribution in [-0.2, 0) is 22.3 Å². The van der Waals surface area contributed by atoms with E-state index in [1.807, 2.05) is 60.7 Å². The van der Waals surface area contributed by atoms with Crippen molar-refractivity contribution in [1.82, 2.24) is 5.32 Å². The highest BCUT2D eigenvalue weighted by atomic mass is 16.6. The molecular formula is C23H30N2O4. The van der Waals surface area contributed by atoms with Crippen molar-refractivity contribution in [2.75, 3.05) is 13.2 Å². The monoisotopic (exact) mass is 398 g/mol. The van der Waals surface area contributed by atoms with Gasteiger partial charge in [0.2, 0.25) is 0 Å². The van der Waals surface area contributed by atoms with E-state index in [0.29, 0.717) is 38.9 Å². The second kappa shape index (κ2) is 11.0. The highest BCUT2D eigenvalue weighted by molar-refractivity contribution is 5.68. The molecule has 6 heteroatoms. The van der Waals surface area contributed by atoms with Crippen LogP contribution < -0.4 is 11.1 Å². The Morgan fingerprint density at radius 1 is 1.10 bits per heavy atom. The number of ether oxygens (including phenoxy) is 2. The molecular weight excluding hydrogens is 368 g/mol. The van der Waals surface area contributed by atoms with Crippen molar-refractivity contribution in [3.63, 3.8) is 0 Å². The number of nitrogens with one attached hydrogen (secondary N) is 1. The molecule has 1 fully saturated rings. The maximum Gasteiger partial charge on any atom is 0.407 e. The van der Waals surface area contributed by atoms with Crippen LogP contribution in [0, 0.1) is 0 Å². The lowest BCUT2D eigenvalue weighted by molar-refractivity contribution is 0.0659. The molecule has 0 saturated carbocycles. The van der Waals surface area contributed by atoms with Gasteiger partial charge in [-0.25, -0.2) is 4.79 Å². The first-order chi connectivity index (χ1) is 14.1. The average molecular weight is 399 g/mol. The first-order valence-corrected chi connectivity index (χ1v) is 10.2. The fourth-order valence-electron chi connectivity index (χ4n) is 3.57. The SMILES string of the molecule is N[C@@H](Cc1ccccc1)C[C@H](O)[C@H](Cc1ccccc1)NC(=O)O[C@H]1CCOC1. The van der Waals surface area contributed by atoms with Crippen LogP contribution in [0.4, 0.5) is 4.79 Å². The second-order valence-corrected chi connectivity index (χ2v) is 7.58. The van der Waals surface area contributed by atoms with Gasteiger partial charge < -0.3 is 25.6 Å². The van der Waals surface area contributed by atoms with Crippen molar-refractivity contribution in [2.24, 2.45) is 5.73 Å². The molecule has 0 aliphatic carbocycles. The summed E-state index contributed by atoms with van der Waals surface area (Å²) in [6.45, 7) is 1.02. The third-order valence-electron chi connectivity index (χ3n) is 5.11. The summed E-state index contributed by atoms with van der Waals surface area (Å²) in [4.78, 5) is 12.3. The highest BCUT2D eigenvalue weighted by Crippen LogP contribution is 2.14. The molecule has 1 saturated heterocycles. The molecule has 1 amide bonds. The first kappa shape index (κ1) is 21.3. The minimum absolute atomic E-state index is 0.216. The fourth-order valence-corrected chi connectivity index (χ4v) is 3.57. The molecule has 0 unspecified atom stereocenters. The number of nitrogens with two attached hydrogens (primary N) is 1. The van der Waals surface area contributed by atoms with E-state index >= 15 is 0 Å². The number of aliphatic hydroxyl groups excluding tert-OH is 1. The molecule has 6 nitrogen and oxygen atoms in total. The van der Waals surface area contributed by atoms with Gasteiger partial charge in [0.25, 0.3) is 0 Å². The summed E-state index contributed by atoms with van der Waals surface area (Å²) in [5.41, 5.74) is 8.43. The maximum atomic E-state index is 12.3. The number of alkyl carbamates (subject to hydrolysis) is 1. The third-order valence-corrected chi connectivity index (χ3v) is 5.11. The van der Waals surface area contributed by atoms with Crippen molar-refractivity contribution in [3.8, 4) is 0 Å². The van der Waals surface area contributed by atoms with E-state index in [-0.39, 0.29) is 12.1 Å². The Labute approximate surface area is 172 Å². The lowest BCUT2D eigenvalue weighted by Gasteiger charge is -2.27. The number of benzene rings is 2. The normalized spacial score (nSPS) is 19.3. The van der Waals surface area contributed by atoms with Gasteiger partial charge in [0.15, 0.2) is 0 Å². The van der Waals surface area contributed by atoms with E-state index in [1.165, 1.54) is 0 Å². The molecule has 4 atom stereocenters. The zero-order valence-corrected chi connectivity index (χ0v) is 16.6. The van der Waals surface area contributed by atoms with Crippen LogP contribution in [0.5, 0.6) is 0 Å². The van der Waals surface area contributed by atoms with Crippen molar-refractivity contribution < 1.29 is 19.4 Å². The smallest absolute Gasteiger partial charge is 0.407 e. The molecule has 2 aromatic rings. The van der Waals surface area contributed by atoms with E-state index < -0.39 is 18.2 Å². The summed E-state index contributed by atoms with van der Waals surface area (Å²) in [7, 11) is 0. The molecule has 0 radical (unpaired) electrons. The van der Waals surface area contributed by atoms with Crippen molar-refractivity contribution >= 4 is 6.09 Å². The van der Waals surface area contributed by atoms with Gasteiger partial charge in [-0.3, -0.25) is 0 Å². The van der Waals surface area contributed by atoms with Crippen molar-refractivity contribution in [2.45, 2.75) is 50.0 Å². The predicted molar refractivity (Wildman–Crippen MR) is 112 cm³/mol. The molecule has 3 rings (SSSR count). The molecule has 0 bridgehead atoms. The summed E-state index contributed by atoms with van der Waals surface area (Å²) in [5.74, 6) is 0. The largest absolute Gasteiger partial charge is 0.444 e. The van der Waals surface area contributed by atoms with E-state index in [1.54, 1.807) is 0 Å². The number of rotatable bonds is 9. The lowest BCUT2D eigenvalue weighted by atomic mass is 9.94. The van der Waals surface area contributed by atoms with Crippen LogP contribution in [0.15, 0.2) is 60.7 Å². The number of carbonyl (C=O) groups is 1. The highest BCUT2D eigenvalue weighted by Gasteiger charge is 2.27. The quantitative estimate of drug-likeness (QED) is 0.603. The van der Waals surface area contributed by atoms with Crippen LogP contribution in [0.25, 0.3) is 0 Å². The van der Waals surface area contributed by atoms with E-state index in [2.05, 4.69) is 5.32 Å². The molecule has 0 aromatic heterocycles. The Morgan fingerprint density at radius 3 is 2.31 bits per heavy atom. The minimum Gasteiger partial charge on any atom is -0.444 e. The van der Waals surface area contributed by atoms with Gasteiger partial charge in [-0.2, -0.15) is 0 Å². The predicted octanol–water partition coefficient (Wildman–Crippen LogP) is 2.43. The Bertz CT molecular complexity index is 735. The third kappa shape index (κ3) is 7.16. The first-order valence-electron chi connectivity index (χ1n) is 10.2. The number of carbonyl (C=O) groups excluding carboxylic acids is 1. The number of amides is 1. The van der Waals surface area contributed by atoms with Crippen LogP contribution in [0.3, 0.4) is 0 Å². The van der Waals surface area contributed by atoms with Gasteiger partial charge in [0, 0.05) is 12.5 Å². The van der Waals surface area contributed by atoms with Crippen LogP contribution in [-0.4, -0.2) is 48.7 Å². The number of hydrogen-bond donors (Lipinski definition) is 3. The summed E-state index contributed by atoms with van der Waals surface area (Å²) in [6, 6.07) is 19.0. The van der Waals surface area contributed by atoms with Gasteiger partial charge in [-0.05, 0) is 30.4 Å². The molecule has 4 N–H and O–H groups in total. The number of aliphatic hydroxyl groups is 1. The van der Waals surface area contributed by atoms with Crippen LogP contribution in [0.2, 0.25) is 0 Å². The van der Waals surface area contributed by atoms with Gasteiger partial charge in [0.1, 0.15) is 6.10 Å². The standard InChI is InChI=1S/C23H30N2O4/c24-19(13-17-7-3-1-4-8-17)15-22(26)21(14-18-9-5-2-6-10-18)25-23(27)29-20-11-12-28-16-20/h1-10,19-22,26H,11-16,24H2,(H,25,27)/t19-,20-,21-,22-/m0/s1. The Kier molecular flexibility index (Phi) is 8.04. The summed E-state index contributed by atoms with van der Waals surface area (Å²) in [5, 5.41) is 13.7. The summed E-state index contributed by atoms with van der Waals surface area (Å²) < 4.78 is 10.7. The number of hydrogen-bond acceptors (Lipinski definition) is 5. The van der Waals surface area contributed by atoms with Crippen LogP contribution in [0.1, 0.15) is 24.0 Å². The van der Waals surface area contributed by atoms with Crippen molar-refractivity contribution in [3.05, 3.63) is 71.8 Å². The molecule has 1 aliphatic rings.